The van der Waals surface area contributed by atoms with Gasteiger partial charge in [-0.1, -0.05) is 17.7 Å². The lowest BCUT2D eigenvalue weighted by atomic mass is 9.93. The molecule has 1 fully saturated rings. The van der Waals surface area contributed by atoms with Crippen LogP contribution in [0.15, 0.2) is 12.1 Å². The molecule has 0 aromatic heterocycles. The molecule has 2 atom stereocenters. The Hall–Kier alpha value is -0.900. The van der Waals surface area contributed by atoms with Crippen molar-refractivity contribution in [1.29, 1.82) is 0 Å². The van der Waals surface area contributed by atoms with E-state index in [1.165, 1.54) is 35.1 Å². The minimum Gasteiger partial charge on any atom is -0.377 e. The highest BCUT2D eigenvalue weighted by atomic mass is 16.5. The van der Waals surface area contributed by atoms with E-state index >= 15 is 0 Å². The summed E-state index contributed by atoms with van der Waals surface area (Å²) in [6.07, 6.45) is 2.78. The molecule has 3 heteroatoms. The van der Waals surface area contributed by atoms with Crippen LogP contribution in [-0.4, -0.2) is 37.2 Å². The maximum Gasteiger partial charge on any atom is 0.0702 e. The number of hydrogen-bond acceptors (Lipinski definition) is 3. The van der Waals surface area contributed by atoms with Crippen LogP contribution in [0.2, 0.25) is 0 Å². The van der Waals surface area contributed by atoms with Crippen LogP contribution in [-0.2, 0) is 4.74 Å². The fourth-order valence-corrected chi connectivity index (χ4v) is 3.70. The highest BCUT2D eigenvalue weighted by Gasteiger charge is 2.23. The number of nitrogens with two attached hydrogens (primary N) is 1. The smallest absolute Gasteiger partial charge is 0.0702 e. The number of ether oxygens (including phenoxy) is 1. The Morgan fingerprint density at radius 2 is 1.95 bits per heavy atom. The number of benzene rings is 1. The average molecular weight is 290 g/mol. The summed E-state index contributed by atoms with van der Waals surface area (Å²) < 4.78 is 5.78. The second kappa shape index (κ2) is 7.39. The number of aryl methyl sites for hydroxylation is 3. The highest BCUT2D eigenvalue weighted by molar-refractivity contribution is 5.39. The van der Waals surface area contributed by atoms with E-state index in [1.54, 1.807) is 0 Å². The van der Waals surface area contributed by atoms with Crippen LogP contribution in [0.25, 0.3) is 0 Å². The molecular weight excluding hydrogens is 260 g/mol. The predicted octanol–water partition coefficient (Wildman–Crippen LogP) is 3.11. The number of piperidine rings is 1. The Balaban J connectivity index is 2.02. The predicted molar refractivity (Wildman–Crippen MR) is 88.7 cm³/mol. The van der Waals surface area contributed by atoms with Crippen molar-refractivity contribution in [3.05, 3.63) is 34.4 Å². The number of hydrogen-bond donors (Lipinski definition) is 1. The Bertz CT molecular complexity index is 447. The quantitative estimate of drug-likeness (QED) is 0.905. The highest BCUT2D eigenvalue weighted by Crippen LogP contribution is 2.24. The van der Waals surface area contributed by atoms with Crippen LogP contribution in [0.3, 0.4) is 0 Å². The average Bonchev–Trinajstić information content (AvgIpc) is 2.38. The van der Waals surface area contributed by atoms with Gasteiger partial charge in [0.25, 0.3) is 0 Å². The van der Waals surface area contributed by atoms with E-state index < -0.39 is 0 Å². The van der Waals surface area contributed by atoms with Gasteiger partial charge in [-0.2, -0.15) is 0 Å². The van der Waals surface area contributed by atoms with Crippen LogP contribution >= 0.6 is 0 Å². The first kappa shape index (κ1) is 16.5. The monoisotopic (exact) mass is 290 g/mol. The Labute approximate surface area is 129 Å². The van der Waals surface area contributed by atoms with Gasteiger partial charge in [-0.25, -0.2) is 0 Å². The van der Waals surface area contributed by atoms with Crippen molar-refractivity contribution in [2.45, 2.75) is 52.7 Å². The van der Waals surface area contributed by atoms with E-state index in [4.69, 9.17) is 10.5 Å². The second-order valence-corrected chi connectivity index (χ2v) is 6.40. The van der Waals surface area contributed by atoms with Gasteiger partial charge in [-0.15, -0.1) is 0 Å². The molecule has 1 aliphatic rings. The summed E-state index contributed by atoms with van der Waals surface area (Å²) >= 11 is 0. The molecule has 0 spiro atoms. The zero-order chi connectivity index (χ0) is 15.4. The Morgan fingerprint density at radius 1 is 1.29 bits per heavy atom. The van der Waals surface area contributed by atoms with E-state index in [0.29, 0.717) is 6.10 Å². The topological polar surface area (TPSA) is 38.5 Å². The van der Waals surface area contributed by atoms with E-state index in [2.05, 4.69) is 44.7 Å². The molecule has 0 aliphatic carbocycles. The molecule has 118 valence electrons. The molecule has 1 saturated heterocycles. The van der Waals surface area contributed by atoms with Gasteiger partial charge in [0.2, 0.25) is 0 Å². The third-order valence-electron chi connectivity index (χ3n) is 4.43. The summed E-state index contributed by atoms with van der Waals surface area (Å²) in [5, 5.41) is 0. The number of nitrogens with zero attached hydrogens (tertiary/aromatic N) is 1. The van der Waals surface area contributed by atoms with E-state index in [9.17, 15) is 0 Å². The summed E-state index contributed by atoms with van der Waals surface area (Å²) in [5.74, 6) is 0. The van der Waals surface area contributed by atoms with Crippen LogP contribution in [0.1, 0.15) is 48.1 Å². The van der Waals surface area contributed by atoms with Crippen LogP contribution in [0.4, 0.5) is 0 Å². The fraction of sp³-hybridized carbons (Fsp3) is 0.667. The van der Waals surface area contributed by atoms with Crippen molar-refractivity contribution < 1.29 is 4.74 Å². The molecule has 2 N–H and O–H groups in total. The molecule has 21 heavy (non-hydrogen) atoms. The summed E-state index contributed by atoms with van der Waals surface area (Å²) in [7, 11) is 0. The largest absolute Gasteiger partial charge is 0.377 e. The zero-order valence-corrected chi connectivity index (χ0v) is 14.0. The molecule has 0 amide bonds. The number of rotatable bonds is 5. The molecular formula is C18H30N2O. The Kier molecular flexibility index (Phi) is 5.80. The summed E-state index contributed by atoms with van der Waals surface area (Å²) in [4.78, 5) is 2.47. The maximum absolute atomic E-state index is 6.51. The Morgan fingerprint density at radius 3 is 2.57 bits per heavy atom. The van der Waals surface area contributed by atoms with Crippen molar-refractivity contribution in [3.63, 3.8) is 0 Å². The summed E-state index contributed by atoms with van der Waals surface area (Å²) in [5.41, 5.74) is 11.8. The van der Waals surface area contributed by atoms with Gasteiger partial charge < -0.3 is 10.5 Å². The lowest BCUT2D eigenvalue weighted by Gasteiger charge is -2.34. The standard InChI is InChI=1S/C18H30N2O/c1-5-21-16-7-6-8-20(11-16)12-17(19)18-14(3)9-13(2)10-15(18)4/h9-10,16-17H,5-8,11-12,19H2,1-4H3. The summed E-state index contributed by atoms with van der Waals surface area (Å²) in [6.45, 7) is 12.5. The van der Waals surface area contributed by atoms with E-state index in [-0.39, 0.29) is 6.04 Å². The van der Waals surface area contributed by atoms with Crippen molar-refractivity contribution in [3.8, 4) is 0 Å². The molecule has 0 saturated carbocycles. The first-order chi connectivity index (χ1) is 10.0. The molecule has 1 heterocycles. The number of likely N-dealkylation sites (tertiary alicyclic amines) is 1. The van der Waals surface area contributed by atoms with Crippen molar-refractivity contribution in [1.82, 2.24) is 4.90 Å². The van der Waals surface area contributed by atoms with Crippen molar-refractivity contribution >= 4 is 0 Å². The molecule has 3 nitrogen and oxygen atoms in total. The van der Waals surface area contributed by atoms with Gasteiger partial charge in [-0.3, -0.25) is 4.90 Å². The normalized spacial score (nSPS) is 21.5. The molecule has 1 aromatic rings. The minimum atomic E-state index is 0.0889. The first-order valence-corrected chi connectivity index (χ1v) is 8.18. The van der Waals surface area contributed by atoms with E-state index in [0.717, 1.165) is 26.2 Å². The van der Waals surface area contributed by atoms with Gasteiger partial charge in [0.05, 0.1) is 6.10 Å². The molecule has 2 rings (SSSR count). The zero-order valence-electron chi connectivity index (χ0n) is 14.0. The molecule has 1 aromatic carbocycles. The lowest BCUT2D eigenvalue weighted by Crippen LogP contribution is -2.43. The first-order valence-electron chi connectivity index (χ1n) is 8.18. The van der Waals surface area contributed by atoms with Crippen molar-refractivity contribution in [2.24, 2.45) is 5.73 Å². The maximum atomic E-state index is 6.51. The lowest BCUT2D eigenvalue weighted by molar-refractivity contribution is 0.00447. The molecule has 1 aliphatic heterocycles. The third-order valence-corrected chi connectivity index (χ3v) is 4.43. The van der Waals surface area contributed by atoms with Gasteiger partial charge >= 0.3 is 0 Å². The van der Waals surface area contributed by atoms with Crippen LogP contribution in [0.5, 0.6) is 0 Å². The second-order valence-electron chi connectivity index (χ2n) is 6.40. The van der Waals surface area contributed by atoms with E-state index in [1.807, 2.05) is 0 Å². The minimum absolute atomic E-state index is 0.0889. The summed E-state index contributed by atoms with van der Waals surface area (Å²) in [6, 6.07) is 4.56. The van der Waals surface area contributed by atoms with Gasteiger partial charge in [0.1, 0.15) is 0 Å². The fourth-order valence-electron chi connectivity index (χ4n) is 3.70. The molecule has 0 radical (unpaired) electrons. The SMILES string of the molecule is CCOC1CCCN(CC(N)c2c(C)cc(C)cc2C)C1. The van der Waals surface area contributed by atoms with Crippen molar-refractivity contribution in [2.75, 3.05) is 26.2 Å². The van der Waals surface area contributed by atoms with Crippen LogP contribution < -0.4 is 5.73 Å². The van der Waals surface area contributed by atoms with Gasteiger partial charge in [-0.05, 0) is 63.8 Å². The van der Waals surface area contributed by atoms with Crippen LogP contribution in [0, 0.1) is 20.8 Å². The van der Waals surface area contributed by atoms with Gasteiger partial charge in [0, 0.05) is 25.7 Å². The molecule has 2 unspecified atom stereocenters. The van der Waals surface area contributed by atoms with Gasteiger partial charge in [0.15, 0.2) is 0 Å². The molecule has 0 bridgehead atoms. The third kappa shape index (κ3) is 4.29.